The minimum absolute atomic E-state index is 0.0120. The van der Waals surface area contributed by atoms with E-state index in [1.165, 1.54) is 12.1 Å². The van der Waals surface area contributed by atoms with Crippen LogP contribution in [0.3, 0.4) is 0 Å². The molecule has 18 heavy (non-hydrogen) atoms. The lowest BCUT2D eigenvalue weighted by molar-refractivity contribution is 0.0834. The molecule has 0 saturated heterocycles. The number of carbonyl (C=O) groups is 1. The van der Waals surface area contributed by atoms with Crippen LogP contribution in [0, 0.1) is 5.82 Å². The van der Waals surface area contributed by atoms with Crippen molar-refractivity contribution < 1.29 is 14.3 Å². The van der Waals surface area contributed by atoms with Crippen LogP contribution < -0.4 is 5.32 Å². The van der Waals surface area contributed by atoms with E-state index in [1.54, 1.807) is 6.07 Å². The molecule has 1 aliphatic carbocycles. The van der Waals surface area contributed by atoms with Gasteiger partial charge in [-0.3, -0.25) is 4.79 Å². The summed E-state index contributed by atoms with van der Waals surface area (Å²) in [6.07, 6.45) is 3.44. The Morgan fingerprint density at radius 1 is 1.44 bits per heavy atom. The first-order valence-corrected chi connectivity index (χ1v) is 6.74. The van der Waals surface area contributed by atoms with E-state index >= 15 is 0 Å². The number of hydrogen-bond donors (Lipinski definition) is 2. The van der Waals surface area contributed by atoms with E-state index < -0.39 is 17.3 Å². The van der Waals surface area contributed by atoms with E-state index in [2.05, 4.69) is 21.2 Å². The van der Waals surface area contributed by atoms with Crippen molar-refractivity contribution >= 4 is 21.8 Å². The van der Waals surface area contributed by atoms with Crippen molar-refractivity contribution in [3.63, 3.8) is 0 Å². The van der Waals surface area contributed by atoms with Crippen molar-refractivity contribution in [1.29, 1.82) is 0 Å². The van der Waals surface area contributed by atoms with Crippen LogP contribution in [0.4, 0.5) is 4.39 Å². The topological polar surface area (TPSA) is 49.3 Å². The second-order valence-electron chi connectivity index (χ2n) is 4.72. The summed E-state index contributed by atoms with van der Waals surface area (Å²) in [7, 11) is 0. The van der Waals surface area contributed by atoms with Gasteiger partial charge in [0.05, 0.1) is 17.7 Å². The van der Waals surface area contributed by atoms with Crippen LogP contribution in [-0.2, 0) is 0 Å². The molecule has 3 nitrogen and oxygen atoms in total. The number of benzene rings is 1. The monoisotopic (exact) mass is 315 g/mol. The molecular weight excluding hydrogens is 301 g/mol. The molecule has 0 unspecified atom stereocenters. The molecule has 0 aliphatic heterocycles. The highest BCUT2D eigenvalue weighted by atomic mass is 79.9. The SMILES string of the molecule is O=C(NC1(CO)CCCC1)c1ccc(Br)cc1F. The van der Waals surface area contributed by atoms with E-state index in [0.717, 1.165) is 25.7 Å². The van der Waals surface area contributed by atoms with Gasteiger partial charge in [-0.05, 0) is 31.0 Å². The van der Waals surface area contributed by atoms with Crippen molar-refractivity contribution in [2.75, 3.05) is 6.61 Å². The number of hydrogen-bond acceptors (Lipinski definition) is 2. The predicted octanol–water partition coefficient (Wildman–Crippen LogP) is 2.62. The molecule has 1 saturated carbocycles. The zero-order chi connectivity index (χ0) is 13.2. The fourth-order valence-electron chi connectivity index (χ4n) is 2.36. The van der Waals surface area contributed by atoms with E-state index in [1.807, 2.05) is 0 Å². The minimum Gasteiger partial charge on any atom is -0.394 e. The molecule has 98 valence electrons. The molecule has 0 bridgehead atoms. The van der Waals surface area contributed by atoms with Gasteiger partial charge in [-0.15, -0.1) is 0 Å². The molecule has 0 spiro atoms. The lowest BCUT2D eigenvalue weighted by Crippen LogP contribution is -2.49. The average molecular weight is 316 g/mol. The number of rotatable bonds is 3. The van der Waals surface area contributed by atoms with Gasteiger partial charge in [0.1, 0.15) is 5.82 Å². The number of halogens is 2. The lowest BCUT2D eigenvalue weighted by atomic mass is 9.98. The lowest BCUT2D eigenvalue weighted by Gasteiger charge is -2.28. The first kappa shape index (κ1) is 13.5. The van der Waals surface area contributed by atoms with Gasteiger partial charge < -0.3 is 10.4 Å². The summed E-state index contributed by atoms with van der Waals surface area (Å²) in [6, 6.07) is 4.32. The molecule has 0 heterocycles. The number of amides is 1. The van der Waals surface area contributed by atoms with Crippen LogP contribution in [0.25, 0.3) is 0 Å². The van der Waals surface area contributed by atoms with Gasteiger partial charge in [0, 0.05) is 4.47 Å². The van der Waals surface area contributed by atoms with Crippen LogP contribution in [0.1, 0.15) is 36.0 Å². The maximum Gasteiger partial charge on any atom is 0.254 e. The zero-order valence-corrected chi connectivity index (χ0v) is 11.5. The first-order valence-electron chi connectivity index (χ1n) is 5.95. The number of carbonyl (C=O) groups excluding carboxylic acids is 1. The van der Waals surface area contributed by atoms with Crippen LogP contribution in [0.5, 0.6) is 0 Å². The zero-order valence-electron chi connectivity index (χ0n) is 9.88. The Morgan fingerprint density at radius 3 is 2.67 bits per heavy atom. The first-order chi connectivity index (χ1) is 8.56. The van der Waals surface area contributed by atoms with Crippen LogP contribution in [0.15, 0.2) is 22.7 Å². The molecule has 5 heteroatoms. The minimum atomic E-state index is -0.573. The molecule has 0 radical (unpaired) electrons. The number of aliphatic hydroxyl groups excluding tert-OH is 1. The predicted molar refractivity (Wildman–Crippen MR) is 69.9 cm³/mol. The Balaban J connectivity index is 2.16. The summed E-state index contributed by atoms with van der Waals surface area (Å²) < 4.78 is 14.2. The summed E-state index contributed by atoms with van der Waals surface area (Å²) in [4.78, 5) is 12.0. The Bertz CT molecular complexity index is 458. The molecule has 1 aromatic carbocycles. The third kappa shape index (κ3) is 2.72. The average Bonchev–Trinajstić information content (AvgIpc) is 2.78. The van der Waals surface area contributed by atoms with Gasteiger partial charge in [0.25, 0.3) is 5.91 Å². The van der Waals surface area contributed by atoms with Gasteiger partial charge in [-0.25, -0.2) is 4.39 Å². The van der Waals surface area contributed by atoms with Crippen molar-refractivity contribution in [2.24, 2.45) is 0 Å². The number of aliphatic hydroxyl groups is 1. The van der Waals surface area contributed by atoms with Gasteiger partial charge in [-0.1, -0.05) is 28.8 Å². The standard InChI is InChI=1S/C13H15BrFNO2/c14-9-3-4-10(11(15)7-9)12(18)16-13(8-17)5-1-2-6-13/h3-4,7,17H,1-2,5-6,8H2,(H,16,18). The molecule has 1 fully saturated rings. The fraction of sp³-hybridized carbons (Fsp3) is 0.462. The number of nitrogens with one attached hydrogen (secondary N) is 1. The maximum absolute atomic E-state index is 13.7. The third-order valence-electron chi connectivity index (χ3n) is 3.42. The fourth-order valence-corrected chi connectivity index (χ4v) is 2.69. The molecule has 2 N–H and O–H groups in total. The maximum atomic E-state index is 13.7. The molecule has 0 atom stereocenters. The van der Waals surface area contributed by atoms with Crippen LogP contribution in [0.2, 0.25) is 0 Å². The largest absolute Gasteiger partial charge is 0.394 e. The van der Waals surface area contributed by atoms with E-state index in [-0.39, 0.29) is 12.2 Å². The highest BCUT2D eigenvalue weighted by molar-refractivity contribution is 9.10. The highest BCUT2D eigenvalue weighted by Crippen LogP contribution is 2.29. The second kappa shape index (κ2) is 5.36. The van der Waals surface area contributed by atoms with E-state index in [9.17, 15) is 14.3 Å². The van der Waals surface area contributed by atoms with Gasteiger partial charge >= 0.3 is 0 Å². The molecular formula is C13H15BrFNO2. The molecule has 1 aromatic rings. The summed E-state index contributed by atoms with van der Waals surface area (Å²) in [6.45, 7) is -0.100. The van der Waals surface area contributed by atoms with Crippen LogP contribution >= 0.6 is 15.9 Å². The van der Waals surface area contributed by atoms with Gasteiger partial charge in [0.2, 0.25) is 0 Å². The normalized spacial score (nSPS) is 17.7. The second-order valence-corrected chi connectivity index (χ2v) is 5.64. The summed E-state index contributed by atoms with van der Waals surface area (Å²) in [5, 5.41) is 12.2. The van der Waals surface area contributed by atoms with Crippen molar-refractivity contribution in [1.82, 2.24) is 5.32 Å². The Labute approximate surface area is 114 Å². The smallest absolute Gasteiger partial charge is 0.254 e. The van der Waals surface area contributed by atoms with E-state index in [0.29, 0.717) is 4.47 Å². The van der Waals surface area contributed by atoms with E-state index in [4.69, 9.17) is 0 Å². The molecule has 1 aliphatic rings. The highest BCUT2D eigenvalue weighted by Gasteiger charge is 2.35. The summed E-state index contributed by atoms with van der Waals surface area (Å²) >= 11 is 3.15. The third-order valence-corrected chi connectivity index (χ3v) is 3.91. The summed E-state index contributed by atoms with van der Waals surface area (Å²) in [5.74, 6) is -1.02. The van der Waals surface area contributed by atoms with Gasteiger partial charge in [0.15, 0.2) is 0 Å². The van der Waals surface area contributed by atoms with Crippen molar-refractivity contribution in [2.45, 2.75) is 31.2 Å². The Kier molecular flexibility index (Phi) is 4.02. The molecule has 2 rings (SSSR count). The summed E-state index contributed by atoms with van der Waals surface area (Å²) in [5.41, 5.74) is -0.561. The van der Waals surface area contributed by atoms with Crippen molar-refractivity contribution in [3.05, 3.63) is 34.1 Å². The quantitative estimate of drug-likeness (QED) is 0.901. The molecule has 0 aromatic heterocycles. The Morgan fingerprint density at radius 2 is 2.11 bits per heavy atom. The van der Waals surface area contributed by atoms with Gasteiger partial charge in [-0.2, -0.15) is 0 Å². The Hall–Kier alpha value is -0.940. The van der Waals surface area contributed by atoms with Crippen molar-refractivity contribution in [3.8, 4) is 0 Å². The van der Waals surface area contributed by atoms with Crippen LogP contribution in [-0.4, -0.2) is 23.2 Å². The molecule has 1 amide bonds.